The third-order valence-electron chi connectivity index (χ3n) is 10.9. The summed E-state index contributed by atoms with van der Waals surface area (Å²) in [4.78, 5) is 0. The SMILES string of the molecule is CC[C@@H]1C=C2C[C@@H](O)CC[C@]2(C)[C@H]2CC[C@]3(C)[C@@H]([C@H](C)CCCC(C)C)CC[C@H]3[C@H]12. The molecule has 30 heavy (non-hydrogen) atoms. The van der Waals surface area contributed by atoms with Crippen molar-refractivity contribution in [3.05, 3.63) is 11.6 Å². The Labute approximate surface area is 187 Å². The number of rotatable bonds is 6. The van der Waals surface area contributed by atoms with Crippen molar-refractivity contribution in [1.82, 2.24) is 0 Å². The first-order valence-corrected chi connectivity index (χ1v) is 13.6. The van der Waals surface area contributed by atoms with E-state index in [0.717, 1.165) is 54.3 Å². The minimum Gasteiger partial charge on any atom is -0.393 e. The fourth-order valence-corrected chi connectivity index (χ4v) is 9.22. The lowest BCUT2D eigenvalue weighted by molar-refractivity contribution is -0.0762. The molecule has 0 aliphatic heterocycles. The standard InChI is InChI=1S/C29H50O/c1-7-21-17-22-18-23(30)13-15-28(22,5)26-14-16-29(6)24(11-12-25(29)27(21)26)20(4)10-8-9-19(2)3/h17,19-21,23-27,30H,7-16,18H2,1-6H3/t20-,21-,23+,24-,25+,26+,27+,28+,29-/m1/s1. The average molecular weight is 415 g/mol. The van der Waals surface area contributed by atoms with Gasteiger partial charge in [-0.2, -0.15) is 0 Å². The molecule has 1 nitrogen and oxygen atoms in total. The summed E-state index contributed by atoms with van der Waals surface area (Å²) < 4.78 is 0. The first-order chi connectivity index (χ1) is 14.2. The van der Waals surface area contributed by atoms with Crippen molar-refractivity contribution in [1.29, 1.82) is 0 Å². The third-order valence-corrected chi connectivity index (χ3v) is 10.9. The number of aliphatic hydroxyl groups is 1. The van der Waals surface area contributed by atoms with Crippen LogP contribution in [0.5, 0.6) is 0 Å². The molecular formula is C29H50O. The van der Waals surface area contributed by atoms with Crippen LogP contribution in [0.1, 0.15) is 112 Å². The third kappa shape index (κ3) is 3.74. The zero-order valence-electron chi connectivity index (χ0n) is 20.9. The topological polar surface area (TPSA) is 20.2 Å². The predicted molar refractivity (Wildman–Crippen MR) is 128 cm³/mol. The molecule has 4 rings (SSSR count). The van der Waals surface area contributed by atoms with Crippen molar-refractivity contribution in [2.45, 2.75) is 118 Å². The van der Waals surface area contributed by atoms with Gasteiger partial charge in [0, 0.05) is 0 Å². The lowest BCUT2D eigenvalue weighted by Gasteiger charge is -2.60. The van der Waals surface area contributed by atoms with E-state index in [2.05, 4.69) is 47.6 Å². The van der Waals surface area contributed by atoms with Crippen LogP contribution < -0.4 is 0 Å². The Hall–Kier alpha value is -0.300. The van der Waals surface area contributed by atoms with Gasteiger partial charge in [-0.1, -0.05) is 72.5 Å². The van der Waals surface area contributed by atoms with Crippen molar-refractivity contribution in [3.8, 4) is 0 Å². The van der Waals surface area contributed by atoms with Crippen molar-refractivity contribution in [3.63, 3.8) is 0 Å². The summed E-state index contributed by atoms with van der Waals surface area (Å²) >= 11 is 0. The maximum Gasteiger partial charge on any atom is 0.0577 e. The molecule has 3 saturated carbocycles. The van der Waals surface area contributed by atoms with Gasteiger partial charge in [0.15, 0.2) is 0 Å². The lowest BCUT2D eigenvalue weighted by atomic mass is 9.44. The van der Waals surface area contributed by atoms with Crippen LogP contribution in [-0.4, -0.2) is 11.2 Å². The van der Waals surface area contributed by atoms with Gasteiger partial charge < -0.3 is 5.11 Å². The summed E-state index contributed by atoms with van der Waals surface area (Å²) in [5.41, 5.74) is 2.58. The van der Waals surface area contributed by atoms with Gasteiger partial charge in [-0.25, -0.2) is 0 Å². The largest absolute Gasteiger partial charge is 0.393 e. The number of aliphatic hydroxyl groups excluding tert-OH is 1. The zero-order valence-corrected chi connectivity index (χ0v) is 20.9. The summed E-state index contributed by atoms with van der Waals surface area (Å²) in [5.74, 6) is 6.13. The van der Waals surface area contributed by atoms with E-state index in [1.54, 1.807) is 5.57 Å². The summed E-state index contributed by atoms with van der Waals surface area (Å²) in [6.45, 7) is 15.1. The van der Waals surface area contributed by atoms with Gasteiger partial charge in [-0.05, 0) is 104 Å². The second-order valence-corrected chi connectivity index (χ2v) is 12.9. The molecule has 0 unspecified atom stereocenters. The van der Waals surface area contributed by atoms with Gasteiger partial charge in [0.25, 0.3) is 0 Å². The van der Waals surface area contributed by atoms with Gasteiger partial charge in [-0.15, -0.1) is 0 Å². The van der Waals surface area contributed by atoms with E-state index < -0.39 is 0 Å². The minimum absolute atomic E-state index is 0.0882. The average Bonchev–Trinajstić information content (AvgIpc) is 3.05. The maximum absolute atomic E-state index is 10.4. The van der Waals surface area contributed by atoms with Crippen LogP contribution in [-0.2, 0) is 0 Å². The second kappa shape index (κ2) is 8.57. The first-order valence-electron chi connectivity index (χ1n) is 13.6. The van der Waals surface area contributed by atoms with Gasteiger partial charge >= 0.3 is 0 Å². The quantitative estimate of drug-likeness (QED) is 0.436. The van der Waals surface area contributed by atoms with Crippen molar-refractivity contribution in [2.75, 3.05) is 0 Å². The zero-order chi connectivity index (χ0) is 21.7. The molecule has 3 fully saturated rings. The molecule has 4 aliphatic rings. The predicted octanol–water partition coefficient (Wildman–Crippen LogP) is 8.02. The molecule has 0 bridgehead atoms. The van der Waals surface area contributed by atoms with Crippen molar-refractivity contribution < 1.29 is 5.11 Å². The van der Waals surface area contributed by atoms with Gasteiger partial charge in [0.05, 0.1) is 6.10 Å². The highest BCUT2D eigenvalue weighted by Gasteiger charge is 2.60. The Kier molecular flexibility index (Phi) is 6.53. The molecule has 1 N–H and O–H groups in total. The van der Waals surface area contributed by atoms with E-state index in [1.165, 1.54) is 57.8 Å². The molecule has 1 heteroatoms. The van der Waals surface area contributed by atoms with Crippen LogP contribution in [0.25, 0.3) is 0 Å². The Morgan fingerprint density at radius 2 is 1.77 bits per heavy atom. The molecule has 0 aromatic carbocycles. The minimum atomic E-state index is -0.0882. The fourth-order valence-electron chi connectivity index (χ4n) is 9.22. The highest BCUT2D eigenvalue weighted by atomic mass is 16.3. The Morgan fingerprint density at radius 3 is 2.47 bits per heavy atom. The maximum atomic E-state index is 10.4. The molecule has 0 amide bonds. The Balaban J connectivity index is 1.56. The van der Waals surface area contributed by atoms with E-state index in [9.17, 15) is 5.11 Å². The molecule has 0 radical (unpaired) electrons. The molecular weight excluding hydrogens is 364 g/mol. The number of hydrogen-bond acceptors (Lipinski definition) is 1. The molecule has 0 heterocycles. The van der Waals surface area contributed by atoms with Gasteiger partial charge in [0.1, 0.15) is 0 Å². The van der Waals surface area contributed by atoms with Crippen LogP contribution in [0.2, 0.25) is 0 Å². The van der Waals surface area contributed by atoms with E-state index >= 15 is 0 Å². The van der Waals surface area contributed by atoms with Crippen molar-refractivity contribution in [2.24, 2.45) is 52.3 Å². The number of fused-ring (bicyclic) bond motifs is 5. The van der Waals surface area contributed by atoms with Crippen LogP contribution in [0.15, 0.2) is 11.6 Å². The van der Waals surface area contributed by atoms with E-state index in [4.69, 9.17) is 0 Å². The summed E-state index contributed by atoms with van der Waals surface area (Å²) in [7, 11) is 0. The van der Waals surface area contributed by atoms with E-state index in [-0.39, 0.29) is 6.10 Å². The lowest BCUT2D eigenvalue weighted by Crippen LogP contribution is -2.53. The van der Waals surface area contributed by atoms with Crippen molar-refractivity contribution >= 4 is 0 Å². The smallest absolute Gasteiger partial charge is 0.0577 e. The molecule has 0 spiro atoms. The normalized spacial score (nSPS) is 46.7. The highest BCUT2D eigenvalue weighted by Crippen LogP contribution is 2.68. The molecule has 9 atom stereocenters. The Bertz CT molecular complexity index is 634. The van der Waals surface area contributed by atoms with E-state index in [1.807, 2.05) is 0 Å². The molecule has 0 aromatic heterocycles. The van der Waals surface area contributed by atoms with Crippen LogP contribution in [0.3, 0.4) is 0 Å². The van der Waals surface area contributed by atoms with Crippen LogP contribution in [0, 0.1) is 52.3 Å². The molecule has 0 aromatic rings. The second-order valence-electron chi connectivity index (χ2n) is 12.9. The van der Waals surface area contributed by atoms with E-state index in [0.29, 0.717) is 10.8 Å². The summed E-state index contributed by atoms with van der Waals surface area (Å²) in [5, 5.41) is 10.4. The number of allylic oxidation sites excluding steroid dienone is 1. The summed E-state index contributed by atoms with van der Waals surface area (Å²) in [6, 6.07) is 0. The monoisotopic (exact) mass is 414 g/mol. The van der Waals surface area contributed by atoms with Gasteiger partial charge in [-0.3, -0.25) is 0 Å². The molecule has 4 aliphatic carbocycles. The number of hydrogen-bond donors (Lipinski definition) is 1. The first kappa shape index (κ1) is 22.9. The van der Waals surface area contributed by atoms with Crippen LogP contribution >= 0.6 is 0 Å². The molecule has 172 valence electrons. The molecule has 0 saturated heterocycles. The van der Waals surface area contributed by atoms with Crippen LogP contribution in [0.4, 0.5) is 0 Å². The highest BCUT2D eigenvalue weighted by molar-refractivity contribution is 5.27. The summed E-state index contributed by atoms with van der Waals surface area (Å²) in [6.07, 6.45) is 17.2. The Morgan fingerprint density at radius 1 is 1.00 bits per heavy atom. The fraction of sp³-hybridized carbons (Fsp3) is 0.931. The van der Waals surface area contributed by atoms with Gasteiger partial charge in [0.2, 0.25) is 0 Å².